The maximum Gasteiger partial charge on any atom is 0.314 e. The molecule has 0 fully saturated rings. The summed E-state index contributed by atoms with van der Waals surface area (Å²) >= 11 is 0. The van der Waals surface area contributed by atoms with Gasteiger partial charge in [0.1, 0.15) is 5.82 Å². The molecule has 0 unspecified atom stereocenters. The molecule has 0 bridgehead atoms. The molecular weight excluding hydrogens is 269 g/mol. The largest absolute Gasteiger partial charge is 0.338 e. The molecule has 118 valence electrons. The normalized spacial score (nSPS) is 10.7. The van der Waals surface area contributed by atoms with E-state index in [4.69, 9.17) is 0 Å². The third-order valence-electron chi connectivity index (χ3n) is 3.42. The van der Waals surface area contributed by atoms with Crippen molar-refractivity contribution in [2.45, 2.75) is 26.7 Å². The first-order chi connectivity index (χ1) is 10.2. The molecule has 0 spiro atoms. The van der Waals surface area contributed by atoms with E-state index in [2.05, 4.69) is 29.4 Å². The van der Waals surface area contributed by atoms with Crippen molar-refractivity contribution in [3.05, 3.63) is 35.6 Å². The Bertz CT molecular complexity index is 422. The zero-order valence-corrected chi connectivity index (χ0v) is 13.0. The topological polar surface area (TPSA) is 44.4 Å². The number of carbonyl (C=O) groups is 1. The van der Waals surface area contributed by atoms with Crippen LogP contribution in [-0.2, 0) is 6.42 Å². The van der Waals surface area contributed by atoms with E-state index >= 15 is 0 Å². The van der Waals surface area contributed by atoms with Crippen LogP contribution in [0.3, 0.4) is 0 Å². The minimum Gasteiger partial charge on any atom is -0.338 e. The Morgan fingerprint density at radius 1 is 1.19 bits per heavy atom. The summed E-state index contributed by atoms with van der Waals surface area (Å²) in [7, 11) is 0. The molecule has 0 aliphatic carbocycles. The molecule has 0 radical (unpaired) electrons. The number of rotatable bonds is 9. The van der Waals surface area contributed by atoms with Gasteiger partial charge < -0.3 is 15.5 Å². The first-order valence-corrected chi connectivity index (χ1v) is 7.64. The van der Waals surface area contributed by atoms with Crippen molar-refractivity contribution in [3.63, 3.8) is 0 Å². The average molecular weight is 295 g/mol. The minimum absolute atomic E-state index is 0.161. The summed E-state index contributed by atoms with van der Waals surface area (Å²) < 4.78 is 13.0. The van der Waals surface area contributed by atoms with Crippen molar-refractivity contribution in [2.24, 2.45) is 0 Å². The molecule has 1 aromatic carbocycles. The number of urea groups is 1. The average Bonchev–Trinajstić information content (AvgIpc) is 2.47. The standard InChI is InChI=1S/C16H26FN3O/c1-3-20(4-2)12-6-10-18-16(21)19-11-9-14-7-5-8-15(17)13-14/h5,7-8,13H,3-4,6,9-12H2,1-2H3,(H2,18,19,21). The molecule has 1 rings (SSSR count). The second-order valence-electron chi connectivity index (χ2n) is 4.94. The Balaban J connectivity index is 2.09. The van der Waals surface area contributed by atoms with Crippen LogP contribution in [0.15, 0.2) is 24.3 Å². The predicted octanol–water partition coefficient (Wildman–Crippen LogP) is 2.40. The summed E-state index contributed by atoms with van der Waals surface area (Å²) in [6, 6.07) is 6.28. The molecule has 4 nitrogen and oxygen atoms in total. The highest BCUT2D eigenvalue weighted by atomic mass is 19.1. The molecule has 0 heterocycles. The molecule has 0 saturated heterocycles. The van der Waals surface area contributed by atoms with Gasteiger partial charge >= 0.3 is 6.03 Å². The Kier molecular flexibility index (Phi) is 8.43. The zero-order valence-electron chi connectivity index (χ0n) is 13.0. The van der Waals surface area contributed by atoms with E-state index < -0.39 is 0 Å². The number of hydrogen-bond acceptors (Lipinski definition) is 2. The van der Waals surface area contributed by atoms with Gasteiger partial charge in [0, 0.05) is 13.1 Å². The zero-order chi connectivity index (χ0) is 15.5. The van der Waals surface area contributed by atoms with E-state index in [0.717, 1.165) is 31.6 Å². The van der Waals surface area contributed by atoms with E-state index in [1.165, 1.54) is 12.1 Å². The number of amides is 2. The molecule has 2 amide bonds. The van der Waals surface area contributed by atoms with Gasteiger partial charge in [-0.25, -0.2) is 9.18 Å². The lowest BCUT2D eigenvalue weighted by molar-refractivity contribution is 0.239. The fourth-order valence-corrected chi connectivity index (χ4v) is 2.12. The van der Waals surface area contributed by atoms with E-state index in [9.17, 15) is 9.18 Å². The van der Waals surface area contributed by atoms with Crippen molar-refractivity contribution in [3.8, 4) is 0 Å². The number of halogens is 1. The monoisotopic (exact) mass is 295 g/mol. The van der Waals surface area contributed by atoms with Crippen molar-refractivity contribution in [2.75, 3.05) is 32.7 Å². The summed E-state index contributed by atoms with van der Waals surface area (Å²) in [5.41, 5.74) is 0.886. The smallest absolute Gasteiger partial charge is 0.314 e. The van der Waals surface area contributed by atoms with Gasteiger partial charge in [-0.1, -0.05) is 26.0 Å². The molecule has 0 aromatic heterocycles. The summed E-state index contributed by atoms with van der Waals surface area (Å²) in [5, 5.41) is 5.61. The number of nitrogens with one attached hydrogen (secondary N) is 2. The van der Waals surface area contributed by atoms with Crippen LogP contribution in [0.25, 0.3) is 0 Å². The lowest BCUT2D eigenvalue weighted by Gasteiger charge is -2.17. The Morgan fingerprint density at radius 3 is 2.57 bits per heavy atom. The van der Waals surface area contributed by atoms with Gasteiger partial charge in [0.2, 0.25) is 0 Å². The molecular formula is C16H26FN3O. The Labute approximate surface area is 126 Å². The molecule has 2 N–H and O–H groups in total. The second kappa shape index (κ2) is 10.2. The molecule has 5 heteroatoms. The van der Waals surface area contributed by atoms with Crippen molar-refractivity contribution in [1.82, 2.24) is 15.5 Å². The number of hydrogen-bond donors (Lipinski definition) is 2. The van der Waals surface area contributed by atoms with Crippen LogP contribution in [0, 0.1) is 5.82 Å². The first kappa shape index (κ1) is 17.4. The summed E-state index contributed by atoms with van der Waals surface area (Å²) in [4.78, 5) is 13.9. The SMILES string of the molecule is CCN(CC)CCCNC(=O)NCCc1cccc(F)c1. The van der Waals surface area contributed by atoms with Crippen molar-refractivity contribution < 1.29 is 9.18 Å². The van der Waals surface area contributed by atoms with E-state index in [1.54, 1.807) is 6.07 Å². The Morgan fingerprint density at radius 2 is 1.90 bits per heavy atom. The van der Waals surface area contributed by atoms with Crippen LogP contribution in [-0.4, -0.2) is 43.7 Å². The molecule has 0 saturated carbocycles. The highest BCUT2D eigenvalue weighted by molar-refractivity contribution is 5.73. The third kappa shape index (κ3) is 7.66. The highest BCUT2D eigenvalue weighted by Crippen LogP contribution is 2.03. The summed E-state index contributed by atoms with van der Waals surface area (Å²) in [6.07, 6.45) is 1.57. The van der Waals surface area contributed by atoms with E-state index in [1.807, 2.05) is 6.07 Å². The van der Waals surface area contributed by atoms with Crippen LogP contribution in [0.1, 0.15) is 25.8 Å². The molecule has 0 aliphatic rings. The lowest BCUT2D eigenvalue weighted by Crippen LogP contribution is -2.38. The van der Waals surface area contributed by atoms with Crippen molar-refractivity contribution >= 4 is 6.03 Å². The van der Waals surface area contributed by atoms with Crippen LogP contribution < -0.4 is 10.6 Å². The summed E-state index contributed by atoms with van der Waals surface area (Å²) in [5.74, 6) is -0.242. The predicted molar refractivity (Wildman–Crippen MR) is 83.9 cm³/mol. The maximum absolute atomic E-state index is 13.0. The highest BCUT2D eigenvalue weighted by Gasteiger charge is 2.02. The molecule has 0 aliphatic heterocycles. The van der Waals surface area contributed by atoms with Gasteiger partial charge in [-0.2, -0.15) is 0 Å². The maximum atomic E-state index is 13.0. The lowest BCUT2D eigenvalue weighted by atomic mass is 10.1. The van der Waals surface area contributed by atoms with Gasteiger partial charge in [-0.15, -0.1) is 0 Å². The Hall–Kier alpha value is -1.62. The number of benzene rings is 1. The van der Waals surface area contributed by atoms with Crippen LogP contribution >= 0.6 is 0 Å². The fraction of sp³-hybridized carbons (Fsp3) is 0.562. The van der Waals surface area contributed by atoms with Gasteiger partial charge in [0.05, 0.1) is 0 Å². The minimum atomic E-state index is -0.242. The number of carbonyl (C=O) groups excluding carboxylic acids is 1. The first-order valence-electron chi connectivity index (χ1n) is 7.64. The number of nitrogens with zero attached hydrogens (tertiary/aromatic N) is 1. The van der Waals surface area contributed by atoms with Crippen molar-refractivity contribution in [1.29, 1.82) is 0 Å². The van der Waals surface area contributed by atoms with Gasteiger partial charge in [-0.3, -0.25) is 0 Å². The molecule has 1 aromatic rings. The summed E-state index contributed by atoms with van der Waals surface area (Å²) in [6.45, 7) is 8.52. The van der Waals surface area contributed by atoms with Gasteiger partial charge in [-0.05, 0) is 50.2 Å². The fourth-order valence-electron chi connectivity index (χ4n) is 2.12. The van der Waals surface area contributed by atoms with E-state index in [0.29, 0.717) is 19.5 Å². The molecule has 0 atom stereocenters. The quantitative estimate of drug-likeness (QED) is 0.687. The van der Waals surface area contributed by atoms with Crippen LogP contribution in [0.5, 0.6) is 0 Å². The van der Waals surface area contributed by atoms with E-state index in [-0.39, 0.29) is 11.8 Å². The van der Waals surface area contributed by atoms with Gasteiger partial charge in [0.15, 0.2) is 0 Å². The van der Waals surface area contributed by atoms with Crippen LogP contribution in [0.2, 0.25) is 0 Å². The second-order valence-corrected chi connectivity index (χ2v) is 4.94. The molecule has 21 heavy (non-hydrogen) atoms. The van der Waals surface area contributed by atoms with Gasteiger partial charge in [0.25, 0.3) is 0 Å². The van der Waals surface area contributed by atoms with Crippen LogP contribution in [0.4, 0.5) is 9.18 Å². The third-order valence-corrected chi connectivity index (χ3v) is 3.42.